The maximum absolute atomic E-state index is 6.19. The Hall–Kier alpha value is -3.13. The fourth-order valence-electron chi connectivity index (χ4n) is 4.76. The smallest absolute Gasteiger partial charge is 0.223 e. The standard InChI is InChI=1S/C23H30N8/c1-15-8-16-5-6-17(19-11-26-29(2)12-19)9-18(16)13-31(15)22-10-21(27-23(25)28-22)30-7-3-4-20(24)14-30/h5-6,9-12,15,20H,3-4,7-8,13-14,24H2,1-2H3,(H2,25,27,28)/t15?,20-/m1/s1. The predicted molar refractivity (Wildman–Crippen MR) is 124 cm³/mol. The molecule has 8 heteroatoms. The molecule has 0 saturated carbocycles. The maximum Gasteiger partial charge on any atom is 0.223 e. The molecule has 3 aromatic rings. The van der Waals surface area contributed by atoms with Gasteiger partial charge in [0.15, 0.2) is 0 Å². The topological polar surface area (TPSA) is 102 Å². The number of hydrogen-bond acceptors (Lipinski definition) is 7. The fraction of sp³-hybridized carbons (Fsp3) is 0.435. The summed E-state index contributed by atoms with van der Waals surface area (Å²) in [4.78, 5) is 13.7. The molecule has 1 aromatic carbocycles. The number of nitrogens with two attached hydrogens (primary N) is 2. The van der Waals surface area contributed by atoms with Crippen molar-refractivity contribution in [1.82, 2.24) is 19.7 Å². The zero-order valence-electron chi connectivity index (χ0n) is 18.2. The van der Waals surface area contributed by atoms with Crippen molar-refractivity contribution in [2.45, 2.75) is 44.8 Å². The fourth-order valence-corrected chi connectivity index (χ4v) is 4.76. The first-order chi connectivity index (χ1) is 15.0. The summed E-state index contributed by atoms with van der Waals surface area (Å²) in [5.41, 5.74) is 17.3. The summed E-state index contributed by atoms with van der Waals surface area (Å²) in [5.74, 6) is 2.07. The van der Waals surface area contributed by atoms with Crippen molar-refractivity contribution >= 4 is 17.6 Å². The van der Waals surface area contributed by atoms with Gasteiger partial charge in [-0.25, -0.2) is 0 Å². The third-order valence-corrected chi connectivity index (χ3v) is 6.43. The Balaban J connectivity index is 1.45. The molecule has 2 aliphatic rings. The van der Waals surface area contributed by atoms with E-state index in [-0.39, 0.29) is 6.04 Å². The van der Waals surface area contributed by atoms with Crippen molar-refractivity contribution in [3.8, 4) is 11.1 Å². The van der Waals surface area contributed by atoms with Gasteiger partial charge in [0.2, 0.25) is 5.95 Å². The summed E-state index contributed by atoms with van der Waals surface area (Å²) >= 11 is 0. The zero-order chi connectivity index (χ0) is 21.5. The van der Waals surface area contributed by atoms with Crippen LogP contribution in [0.3, 0.4) is 0 Å². The molecular weight excluding hydrogens is 388 g/mol. The van der Waals surface area contributed by atoms with Gasteiger partial charge in [-0.3, -0.25) is 4.68 Å². The first-order valence-electron chi connectivity index (χ1n) is 11.0. The van der Waals surface area contributed by atoms with E-state index < -0.39 is 0 Å². The molecule has 0 aliphatic carbocycles. The second kappa shape index (κ2) is 7.85. The molecule has 1 fully saturated rings. The van der Waals surface area contributed by atoms with Gasteiger partial charge in [-0.05, 0) is 48.9 Å². The molecule has 4 heterocycles. The van der Waals surface area contributed by atoms with Crippen molar-refractivity contribution in [2.24, 2.45) is 12.8 Å². The highest BCUT2D eigenvalue weighted by Crippen LogP contribution is 2.32. The molecule has 0 radical (unpaired) electrons. The van der Waals surface area contributed by atoms with Crippen molar-refractivity contribution in [1.29, 1.82) is 0 Å². The molecule has 4 N–H and O–H groups in total. The van der Waals surface area contributed by atoms with Gasteiger partial charge in [-0.15, -0.1) is 0 Å². The zero-order valence-corrected chi connectivity index (χ0v) is 18.2. The minimum absolute atomic E-state index is 0.181. The van der Waals surface area contributed by atoms with E-state index in [2.05, 4.69) is 56.1 Å². The molecular formula is C23H30N8. The van der Waals surface area contributed by atoms with Crippen molar-refractivity contribution in [3.63, 3.8) is 0 Å². The molecule has 8 nitrogen and oxygen atoms in total. The van der Waals surface area contributed by atoms with Crippen LogP contribution in [0.4, 0.5) is 17.6 Å². The van der Waals surface area contributed by atoms with Gasteiger partial charge in [-0.1, -0.05) is 12.1 Å². The normalized spacial score (nSPS) is 21.3. The van der Waals surface area contributed by atoms with E-state index in [1.54, 1.807) is 0 Å². The lowest BCUT2D eigenvalue weighted by Crippen LogP contribution is -2.43. The van der Waals surface area contributed by atoms with Gasteiger partial charge >= 0.3 is 0 Å². The average molecular weight is 419 g/mol. The number of aryl methyl sites for hydroxylation is 1. The van der Waals surface area contributed by atoms with Crippen LogP contribution in [0.2, 0.25) is 0 Å². The van der Waals surface area contributed by atoms with Gasteiger partial charge in [-0.2, -0.15) is 15.1 Å². The SMILES string of the molecule is CC1Cc2ccc(-c3cnn(C)c3)cc2CN1c1cc(N2CCC[C@@H](N)C2)nc(N)n1. The van der Waals surface area contributed by atoms with Gasteiger partial charge < -0.3 is 21.3 Å². The largest absolute Gasteiger partial charge is 0.368 e. The number of hydrogen-bond donors (Lipinski definition) is 2. The molecule has 162 valence electrons. The molecule has 5 rings (SSSR count). The minimum Gasteiger partial charge on any atom is -0.368 e. The van der Waals surface area contributed by atoms with Crippen LogP contribution in [0, 0.1) is 0 Å². The summed E-state index contributed by atoms with van der Waals surface area (Å²) in [6.07, 6.45) is 7.06. The number of nitrogen functional groups attached to an aromatic ring is 1. The van der Waals surface area contributed by atoms with Crippen LogP contribution in [-0.4, -0.2) is 44.9 Å². The van der Waals surface area contributed by atoms with Gasteiger partial charge in [0.05, 0.1) is 6.20 Å². The van der Waals surface area contributed by atoms with E-state index in [1.807, 2.05) is 24.1 Å². The quantitative estimate of drug-likeness (QED) is 0.673. The van der Waals surface area contributed by atoms with E-state index in [4.69, 9.17) is 11.5 Å². The minimum atomic E-state index is 0.181. The number of anilines is 3. The van der Waals surface area contributed by atoms with E-state index in [0.29, 0.717) is 12.0 Å². The van der Waals surface area contributed by atoms with Crippen LogP contribution in [0.1, 0.15) is 30.9 Å². The third-order valence-electron chi connectivity index (χ3n) is 6.43. The molecule has 2 atom stereocenters. The van der Waals surface area contributed by atoms with Crippen LogP contribution >= 0.6 is 0 Å². The van der Waals surface area contributed by atoms with Gasteiger partial charge in [0.25, 0.3) is 0 Å². The van der Waals surface area contributed by atoms with Gasteiger partial charge in [0, 0.05) is 56.6 Å². The number of piperidine rings is 1. The number of fused-ring (bicyclic) bond motifs is 1. The van der Waals surface area contributed by atoms with Crippen LogP contribution in [0.25, 0.3) is 11.1 Å². The second-order valence-electron chi connectivity index (χ2n) is 8.86. The predicted octanol–water partition coefficient (Wildman–Crippen LogP) is 2.34. The Morgan fingerprint density at radius 2 is 1.90 bits per heavy atom. The number of rotatable bonds is 3. The molecule has 2 aliphatic heterocycles. The van der Waals surface area contributed by atoms with Crippen molar-refractivity contribution in [2.75, 3.05) is 28.6 Å². The van der Waals surface area contributed by atoms with Crippen LogP contribution in [0.5, 0.6) is 0 Å². The summed E-state index contributed by atoms with van der Waals surface area (Å²) in [7, 11) is 1.94. The highest BCUT2D eigenvalue weighted by Gasteiger charge is 2.26. The average Bonchev–Trinajstić information content (AvgIpc) is 3.19. The first kappa shape index (κ1) is 19.8. The van der Waals surface area contributed by atoms with Crippen LogP contribution < -0.4 is 21.3 Å². The van der Waals surface area contributed by atoms with Crippen LogP contribution in [0.15, 0.2) is 36.7 Å². The lowest BCUT2D eigenvalue weighted by molar-refractivity contribution is 0.503. The lowest BCUT2D eigenvalue weighted by Gasteiger charge is -2.37. The Labute approximate surface area is 182 Å². The Morgan fingerprint density at radius 1 is 1.06 bits per heavy atom. The molecule has 2 aromatic heterocycles. The lowest BCUT2D eigenvalue weighted by atomic mass is 9.92. The van der Waals surface area contributed by atoms with E-state index >= 15 is 0 Å². The number of aromatic nitrogens is 4. The third kappa shape index (κ3) is 3.95. The Kier molecular flexibility index (Phi) is 5.02. The molecule has 0 bridgehead atoms. The summed E-state index contributed by atoms with van der Waals surface area (Å²) in [6.45, 7) is 4.80. The molecule has 0 spiro atoms. The molecule has 0 amide bonds. The summed E-state index contributed by atoms with van der Waals surface area (Å²) < 4.78 is 1.83. The number of benzene rings is 1. The van der Waals surface area contributed by atoms with E-state index in [1.165, 1.54) is 16.7 Å². The molecule has 1 unspecified atom stereocenters. The van der Waals surface area contributed by atoms with Crippen molar-refractivity contribution in [3.05, 3.63) is 47.8 Å². The molecule has 1 saturated heterocycles. The summed E-state index contributed by atoms with van der Waals surface area (Å²) in [6, 6.07) is 9.29. The highest BCUT2D eigenvalue weighted by molar-refractivity contribution is 5.65. The van der Waals surface area contributed by atoms with Crippen LogP contribution in [-0.2, 0) is 20.0 Å². The monoisotopic (exact) mass is 418 g/mol. The highest BCUT2D eigenvalue weighted by atomic mass is 15.3. The first-order valence-corrected chi connectivity index (χ1v) is 11.0. The van der Waals surface area contributed by atoms with E-state index in [9.17, 15) is 0 Å². The second-order valence-corrected chi connectivity index (χ2v) is 8.86. The number of nitrogens with zero attached hydrogens (tertiary/aromatic N) is 6. The molecule has 31 heavy (non-hydrogen) atoms. The Morgan fingerprint density at radius 3 is 2.68 bits per heavy atom. The van der Waals surface area contributed by atoms with Crippen molar-refractivity contribution < 1.29 is 0 Å². The van der Waals surface area contributed by atoms with E-state index in [0.717, 1.165) is 56.1 Å². The van der Waals surface area contributed by atoms with Gasteiger partial charge in [0.1, 0.15) is 11.6 Å². The Bertz CT molecular complexity index is 1090. The maximum atomic E-state index is 6.19. The summed E-state index contributed by atoms with van der Waals surface area (Å²) in [5, 5.41) is 4.31.